The number of rotatable bonds is 5. The van der Waals surface area contributed by atoms with Crippen LogP contribution in [0.25, 0.3) is 0 Å². The summed E-state index contributed by atoms with van der Waals surface area (Å²) in [6.45, 7) is 2.27. The largest absolute Gasteiger partial charge is 0.497 e. The number of nitrogens with one attached hydrogen (secondary N) is 1. The summed E-state index contributed by atoms with van der Waals surface area (Å²) >= 11 is 1.91. The molecule has 2 rings (SSSR count). The number of amides is 2. The molecule has 1 fully saturated rings. The van der Waals surface area contributed by atoms with Crippen molar-refractivity contribution in [3.63, 3.8) is 0 Å². The number of nitrogens with zero attached hydrogens (tertiary/aromatic N) is 1. The molecule has 0 atom stereocenters. The van der Waals surface area contributed by atoms with Crippen molar-refractivity contribution in [2.24, 2.45) is 0 Å². The molecule has 6 heteroatoms. The first-order chi connectivity index (χ1) is 10.7. The van der Waals surface area contributed by atoms with Crippen molar-refractivity contribution < 1.29 is 14.3 Å². The van der Waals surface area contributed by atoms with Crippen molar-refractivity contribution in [3.05, 3.63) is 23.8 Å². The van der Waals surface area contributed by atoms with Crippen molar-refractivity contribution in [2.75, 3.05) is 45.4 Å². The van der Waals surface area contributed by atoms with E-state index in [0.29, 0.717) is 13.0 Å². The summed E-state index contributed by atoms with van der Waals surface area (Å²) in [4.78, 5) is 14.1. The Balaban J connectivity index is 1.86. The summed E-state index contributed by atoms with van der Waals surface area (Å²) in [6.07, 6.45) is 1.79. The van der Waals surface area contributed by atoms with Crippen molar-refractivity contribution in [1.82, 2.24) is 10.2 Å². The highest BCUT2D eigenvalue weighted by molar-refractivity contribution is 7.99. The van der Waals surface area contributed by atoms with Crippen LogP contribution in [0.3, 0.4) is 0 Å². The number of methoxy groups -OCH3 is 2. The van der Waals surface area contributed by atoms with Crippen LogP contribution in [0.4, 0.5) is 4.79 Å². The van der Waals surface area contributed by atoms with Crippen molar-refractivity contribution >= 4 is 17.8 Å². The predicted octanol–water partition coefficient (Wildman–Crippen LogP) is 2.39. The van der Waals surface area contributed by atoms with Gasteiger partial charge in [-0.05, 0) is 42.4 Å². The second-order valence-corrected chi connectivity index (χ2v) is 6.34. The van der Waals surface area contributed by atoms with E-state index in [-0.39, 0.29) is 6.03 Å². The first kappa shape index (κ1) is 16.8. The predicted molar refractivity (Wildman–Crippen MR) is 90.2 cm³/mol. The lowest BCUT2D eigenvalue weighted by molar-refractivity contribution is 0.202. The Morgan fingerprint density at radius 1 is 1.27 bits per heavy atom. The van der Waals surface area contributed by atoms with E-state index >= 15 is 0 Å². The van der Waals surface area contributed by atoms with Gasteiger partial charge in [-0.15, -0.1) is 0 Å². The molecular weight excluding hydrogens is 300 g/mol. The molecule has 1 saturated heterocycles. The zero-order valence-electron chi connectivity index (χ0n) is 13.3. The Morgan fingerprint density at radius 3 is 2.91 bits per heavy atom. The maximum Gasteiger partial charge on any atom is 0.317 e. The molecule has 122 valence electrons. The maximum absolute atomic E-state index is 12.2. The van der Waals surface area contributed by atoms with Crippen molar-refractivity contribution in [2.45, 2.75) is 12.8 Å². The van der Waals surface area contributed by atoms with Crippen LogP contribution in [0.5, 0.6) is 11.5 Å². The molecule has 5 nitrogen and oxygen atoms in total. The van der Waals surface area contributed by atoms with Crippen LogP contribution in [0, 0.1) is 0 Å². The number of carbonyl (C=O) groups excluding carboxylic acids is 1. The van der Waals surface area contributed by atoms with E-state index in [1.165, 1.54) is 0 Å². The summed E-state index contributed by atoms with van der Waals surface area (Å²) in [5.74, 6) is 3.79. The van der Waals surface area contributed by atoms with Gasteiger partial charge in [0.2, 0.25) is 0 Å². The van der Waals surface area contributed by atoms with E-state index in [2.05, 4.69) is 5.32 Å². The van der Waals surface area contributed by atoms with Crippen LogP contribution >= 0.6 is 11.8 Å². The molecule has 1 N–H and O–H groups in total. The zero-order valence-corrected chi connectivity index (χ0v) is 14.1. The molecular formula is C16H24N2O3S. The minimum atomic E-state index is 0.0318. The van der Waals surface area contributed by atoms with Gasteiger partial charge in [0.1, 0.15) is 11.5 Å². The number of hydrogen-bond donors (Lipinski definition) is 1. The first-order valence-electron chi connectivity index (χ1n) is 7.56. The number of hydrogen-bond acceptors (Lipinski definition) is 4. The van der Waals surface area contributed by atoms with Gasteiger partial charge in [0, 0.05) is 25.4 Å². The van der Waals surface area contributed by atoms with E-state index in [9.17, 15) is 4.79 Å². The second-order valence-electron chi connectivity index (χ2n) is 5.11. The van der Waals surface area contributed by atoms with E-state index in [4.69, 9.17) is 9.47 Å². The normalized spacial score (nSPS) is 15.1. The minimum Gasteiger partial charge on any atom is -0.497 e. The zero-order chi connectivity index (χ0) is 15.8. The van der Waals surface area contributed by atoms with Crippen LogP contribution in [0.15, 0.2) is 18.2 Å². The molecule has 0 unspecified atom stereocenters. The summed E-state index contributed by atoms with van der Waals surface area (Å²) in [5.41, 5.74) is 1.04. The van der Waals surface area contributed by atoms with Crippen LogP contribution in [0.2, 0.25) is 0 Å². The van der Waals surface area contributed by atoms with Gasteiger partial charge >= 0.3 is 6.03 Å². The van der Waals surface area contributed by atoms with Gasteiger partial charge in [0.05, 0.1) is 14.2 Å². The fourth-order valence-electron chi connectivity index (χ4n) is 2.44. The molecule has 0 radical (unpaired) electrons. The molecule has 0 saturated carbocycles. The van der Waals surface area contributed by atoms with Gasteiger partial charge < -0.3 is 19.7 Å². The standard InChI is InChI=1S/C16H24N2O3S/c1-20-14-4-5-15(21-2)13(12-14)6-7-17-16(19)18-8-3-10-22-11-9-18/h4-5,12H,3,6-11H2,1-2H3,(H,17,19). The third-order valence-corrected chi connectivity index (χ3v) is 4.72. The number of benzene rings is 1. The Kier molecular flexibility index (Phi) is 6.71. The summed E-state index contributed by atoms with van der Waals surface area (Å²) < 4.78 is 10.6. The van der Waals surface area contributed by atoms with Gasteiger partial charge in [-0.25, -0.2) is 4.79 Å². The summed E-state index contributed by atoms with van der Waals surface area (Å²) in [5, 5.41) is 3.00. The van der Waals surface area contributed by atoms with Crippen LogP contribution in [-0.4, -0.2) is 56.3 Å². The van der Waals surface area contributed by atoms with Gasteiger partial charge in [-0.3, -0.25) is 0 Å². The van der Waals surface area contributed by atoms with Crippen LogP contribution in [0.1, 0.15) is 12.0 Å². The van der Waals surface area contributed by atoms with Crippen molar-refractivity contribution in [1.29, 1.82) is 0 Å². The highest BCUT2D eigenvalue weighted by Crippen LogP contribution is 2.24. The molecule has 1 aromatic rings. The third kappa shape index (κ3) is 4.73. The van der Waals surface area contributed by atoms with E-state index in [1.54, 1.807) is 14.2 Å². The highest BCUT2D eigenvalue weighted by Gasteiger charge is 2.15. The Bertz CT molecular complexity index is 488. The Morgan fingerprint density at radius 2 is 2.14 bits per heavy atom. The molecule has 0 bridgehead atoms. The summed E-state index contributed by atoms with van der Waals surface area (Å²) in [6, 6.07) is 5.75. The molecule has 22 heavy (non-hydrogen) atoms. The van der Waals surface area contributed by atoms with Crippen LogP contribution < -0.4 is 14.8 Å². The topological polar surface area (TPSA) is 50.8 Å². The van der Waals surface area contributed by atoms with Crippen molar-refractivity contribution in [3.8, 4) is 11.5 Å². The quantitative estimate of drug-likeness (QED) is 0.903. The average molecular weight is 324 g/mol. The smallest absolute Gasteiger partial charge is 0.317 e. The number of thioether (sulfide) groups is 1. The first-order valence-corrected chi connectivity index (χ1v) is 8.71. The molecule has 0 aliphatic carbocycles. The van der Waals surface area contributed by atoms with E-state index < -0.39 is 0 Å². The lowest BCUT2D eigenvalue weighted by Gasteiger charge is -2.20. The Hall–Kier alpha value is -1.56. The fourth-order valence-corrected chi connectivity index (χ4v) is 3.33. The lowest BCUT2D eigenvalue weighted by Crippen LogP contribution is -2.41. The van der Waals surface area contributed by atoms with Gasteiger partial charge in [-0.1, -0.05) is 0 Å². The monoisotopic (exact) mass is 324 g/mol. The van der Waals surface area contributed by atoms with Gasteiger partial charge in [0.25, 0.3) is 0 Å². The SMILES string of the molecule is COc1ccc(OC)c(CCNC(=O)N2CCCSCC2)c1. The van der Waals surface area contributed by atoms with E-state index in [1.807, 2.05) is 34.9 Å². The second kappa shape index (κ2) is 8.78. The van der Waals surface area contributed by atoms with Crippen LogP contribution in [-0.2, 0) is 6.42 Å². The molecule has 1 aromatic carbocycles. The Labute approximate surface area is 136 Å². The number of urea groups is 1. The molecule has 1 heterocycles. The highest BCUT2D eigenvalue weighted by atomic mass is 32.2. The lowest BCUT2D eigenvalue weighted by atomic mass is 10.1. The molecule has 0 aromatic heterocycles. The average Bonchev–Trinajstić information content (AvgIpc) is 2.84. The summed E-state index contributed by atoms with van der Waals surface area (Å²) in [7, 11) is 3.30. The number of carbonyl (C=O) groups is 1. The third-order valence-electron chi connectivity index (χ3n) is 3.67. The minimum absolute atomic E-state index is 0.0318. The van der Waals surface area contributed by atoms with E-state index in [0.717, 1.165) is 48.1 Å². The number of ether oxygens (including phenoxy) is 2. The van der Waals surface area contributed by atoms with Gasteiger partial charge in [0.15, 0.2) is 0 Å². The molecule has 1 aliphatic rings. The maximum atomic E-state index is 12.2. The molecule has 2 amide bonds. The molecule has 1 aliphatic heterocycles. The fraction of sp³-hybridized carbons (Fsp3) is 0.562. The molecule has 0 spiro atoms. The van der Waals surface area contributed by atoms with Gasteiger partial charge in [-0.2, -0.15) is 11.8 Å².